The fraction of sp³-hybridized carbons (Fsp3) is 1.00. The quantitative estimate of drug-likeness (QED) is 0.456. The van der Waals surface area contributed by atoms with E-state index in [-0.39, 0.29) is 0 Å². The maximum atomic E-state index is 1.60. The predicted octanol–water partition coefficient (Wildman–Crippen LogP) is 2.63. The first-order valence-corrected chi connectivity index (χ1v) is 5.47. The largest absolute Gasteiger partial charge is 0.119 e. The van der Waals surface area contributed by atoms with Gasteiger partial charge in [0, 0.05) is 0 Å². The molecular weight excluding hydrogens is 127 g/mol. The Balaban J connectivity index is 1.96. The third-order valence-electron chi connectivity index (χ3n) is 2.77. The van der Waals surface area contributed by atoms with Crippen LogP contribution in [0, 0.1) is 5.92 Å². The van der Waals surface area contributed by atoms with E-state index in [4.69, 9.17) is 0 Å². The maximum Gasteiger partial charge on any atom is -0.0234 e. The third kappa shape index (κ3) is 1.29. The molecule has 0 aromatic rings. The van der Waals surface area contributed by atoms with Crippen molar-refractivity contribution in [3.63, 3.8) is 0 Å². The molecule has 1 aliphatic carbocycles. The van der Waals surface area contributed by atoms with Crippen molar-refractivity contribution in [3.8, 4) is 0 Å². The summed E-state index contributed by atoms with van der Waals surface area (Å²) in [5, 5.41) is 0. The SMILES string of the molecule is C1CC2CCPC(C1)C2. The van der Waals surface area contributed by atoms with Gasteiger partial charge in [0.25, 0.3) is 0 Å². The lowest BCUT2D eigenvalue weighted by Gasteiger charge is -2.33. The average Bonchev–Trinajstić information content (AvgIpc) is 1.88. The zero-order valence-corrected chi connectivity index (χ0v) is 6.90. The van der Waals surface area contributed by atoms with Crippen molar-refractivity contribution in [2.24, 2.45) is 5.92 Å². The zero-order valence-electron chi connectivity index (χ0n) is 5.90. The summed E-state index contributed by atoms with van der Waals surface area (Å²) in [6.07, 6.45) is 9.39. The van der Waals surface area contributed by atoms with E-state index >= 15 is 0 Å². The highest BCUT2D eigenvalue weighted by Crippen LogP contribution is 2.42. The average molecular weight is 142 g/mol. The summed E-state index contributed by atoms with van der Waals surface area (Å²) < 4.78 is 0. The highest BCUT2D eigenvalue weighted by atomic mass is 31.1. The molecule has 3 atom stereocenters. The summed E-state index contributed by atoms with van der Waals surface area (Å²) >= 11 is 0. The van der Waals surface area contributed by atoms with Crippen molar-refractivity contribution < 1.29 is 0 Å². The van der Waals surface area contributed by atoms with Crippen LogP contribution in [0.4, 0.5) is 0 Å². The van der Waals surface area contributed by atoms with Crippen molar-refractivity contribution >= 4 is 8.58 Å². The Morgan fingerprint density at radius 3 is 2.89 bits per heavy atom. The molecule has 0 spiro atoms. The van der Waals surface area contributed by atoms with Crippen molar-refractivity contribution in [2.45, 2.75) is 37.8 Å². The molecule has 2 bridgehead atoms. The van der Waals surface area contributed by atoms with Crippen LogP contribution in [-0.2, 0) is 0 Å². The topological polar surface area (TPSA) is 0 Å². The highest BCUT2D eigenvalue weighted by Gasteiger charge is 2.25. The molecule has 1 heteroatoms. The van der Waals surface area contributed by atoms with Crippen LogP contribution in [-0.4, -0.2) is 11.8 Å². The second-order valence-corrected chi connectivity index (χ2v) is 5.20. The van der Waals surface area contributed by atoms with Gasteiger partial charge in [0.05, 0.1) is 0 Å². The molecule has 0 nitrogen and oxygen atoms in total. The lowest BCUT2D eigenvalue weighted by Crippen LogP contribution is -2.21. The van der Waals surface area contributed by atoms with Crippen LogP contribution in [0.15, 0.2) is 0 Å². The highest BCUT2D eigenvalue weighted by molar-refractivity contribution is 7.38. The van der Waals surface area contributed by atoms with Gasteiger partial charge in [-0.15, -0.1) is 8.58 Å². The maximum absolute atomic E-state index is 1.60. The molecule has 1 aliphatic heterocycles. The molecule has 0 amide bonds. The number of rotatable bonds is 0. The predicted molar refractivity (Wildman–Crippen MR) is 43.5 cm³/mol. The lowest BCUT2D eigenvalue weighted by molar-refractivity contribution is 0.345. The van der Waals surface area contributed by atoms with Crippen molar-refractivity contribution in [1.29, 1.82) is 0 Å². The molecule has 2 rings (SSSR count). The molecule has 52 valence electrons. The van der Waals surface area contributed by atoms with Crippen LogP contribution in [0.5, 0.6) is 0 Å². The van der Waals surface area contributed by atoms with Gasteiger partial charge < -0.3 is 0 Å². The molecule has 0 aromatic carbocycles. The first-order valence-electron chi connectivity index (χ1n) is 4.18. The summed E-state index contributed by atoms with van der Waals surface area (Å²) in [7, 11) is 1.33. The van der Waals surface area contributed by atoms with Gasteiger partial charge in [-0.1, -0.05) is 12.8 Å². The minimum Gasteiger partial charge on any atom is -0.119 e. The first kappa shape index (κ1) is 6.16. The van der Waals surface area contributed by atoms with Crippen LogP contribution >= 0.6 is 8.58 Å². The molecule has 3 unspecified atom stereocenters. The Labute approximate surface area is 59.2 Å². The second kappa shape index (κ2) is 2.58. The van der Waals surface area contributed by atoms with E-state index in [1.165, 1.54) is 14.2 Å². The van der Waals surface area contributed by atoms with Gasteiger partial charge in [0.2, 0.25) is 0 Å². The summed E-state index contributed by atoms with van der Waals surface area (Å²) in [5.74, 6) is 1.16. The third-order valence-corrected chi connectivity index (χ3v) is 4.45. The molecule has 1 saturated heterocycles. The van der Waals surface area contributed by atoms with Crippen LogP contribution in [0.1, 0.15) is 32.1 Å². The van der Waals surface area contributed by atoms with E-state index in [2.05, 4.69) is 0 Å². The summed E-state index contributed by atoms with van der Waals surface area (Å²) in [5.41, 5.74) is 1.18. The van der Waals surface area contributed by atoms with Gasteiger partial charge in [-0.05, 0) is 37.0 Å². The van der Waals surface area contributed by atoms with Gasteiger partial charge in [-0.3, -0.25) is 0 Å². The fourth-order valence-corrected chi connectivity index (χ4v) is 4.12. The molecule has 0 radical (unpaired) electrons. The van der Waals surface area contributed by atoms with Crippen LogP contribution in [0.2, 0.25) is 0 Å². The van der Waals surface area contributed by atoms with E-state index in [0.29, 0.717) is 0 Å². The van der Waals surface area contributed by atoms with Gasteiger partial charge in [-0.2, -0.15) is 0 Å². The molecular formula is C8H15P. The molecule has 0 N–H and O–H groups in total. The summed E-state index contributed by atoms with van der Waals surface area (Å²) in [6, 6.07) is 0. The number of hydrogen-bond donors (Lipinski definition) is 0. The Morgan fingerprint density at radius 2 is 2.11 bits per heavy atom. The van der Waals surface area contributed by atoms with Crippen LogP contribution in [0.25, 0.3) is 0 Å². The van der Waals surface area contributed by atoms with Crippen LogP contribution in [0.3, 0.4) is 0 Å². The van der Waals surface area contributed by atoms with Gasteiger partial charge in [-0.25, -0.2) is 0 Å². The van der Waals surface area contributed by atoms with Gasteiger partial charge >= 0.3 is 0 Å². The van der Waals surface area contributed by atoms with Crippen molar-refractivity contribution in [1.82, 2.24) is 0 Å². The number of fused-ring (bicyclic) bond motifs is 2. The Hall–Kier alpha value is 0.430. The standard InChI is InChI=1S/C8H15P/c1-2-7-4-5-9-8(3-1)6-7/h7-9H,1-6H2. The smallest absolute Gasteiger partial charge is 0.0234 e. The minimum absolute atomic E-state index is 1.16. The molecule has 2 fully saturated rings. The van der Waals surface area contributed by atoms with Crippen molar-refractivity contribution in [2.75, 3.05) is 6.16 Å². The fourth-order valence-electron chi connectivity index (χ4n) is 2.23. The molecule has 2 aliphatic rings. The summed E-state index contributed by atoms with van der Waals surface area (Å²) in [6.45, 7) is 0. The van der Waals surface area contributed by atoms with E-state index < -0.39 is 0 Å². The van der Waals surface area contributed by atoms with Crippen molar-refractivity contribution in [3.05, 3.63) is 0 Å². The first-order chi connectivity index (χ1) is 4.45. The molecule has 0 aromatic heterocycles. The molecule has 1 heterocycles. The van der Waals surface area contributed by atoms with E-state index in [0.717, 1.165) is 5.92 Å². The molecule has 1 saturated carbocycles. The van der Waals surface area contributed by atoms with Crippen LogP contribution < -0.4 is 0 Å². The summed E-state index contributed by atoms with van der Waals surface area (Å²) in [4.78, 5) is 0. The van der Waals surface area contributed by atoms with E-state index in [1.54, 1.807) is 38.3 Å². The Kier molecular flexibility index (Phi) is 1.77. The molecule has 9 heavy (non-hydrogen) atoms. The van der Waals surface area contributed by atoms with Gasteiger partial charge in [0.15, 0.2) is 0 Å². The monoisotopic (exact) mass is 142 g/mol. The normalized spacial score (nSPS) is 45.3. The Bertz CT molecular complexity index is 80.7. The van der Waals surface area contributed by atoms with E-state index in [9.17, 15) is 0 Å². The second-order valence-electron chi connectivity index (χ2n) is 3.47. The lowest BCUT2D eigenvalue weighted by atomic mass is 9.87. The van der Waals surface area contributed by atoms with Gasteiger partial charge in [0.1, 0.15) is 0 Å². The van der Waals surface area contributed by atoms with E-state index in [1.807, 2.05) is 0 Å². The zero-order chi connectivity index (χ0) is 6.10. The number of hydrogen-bond acceptors (Lipinski definition) is 0. The Morgan fingerprint density at radius 1 is 1.11 bits per heavy atom. The minimum atomic E-state index is 1.16.